The molecule has 0 saturated carbocycles. The van der Waals surface area contributed by atoms with Crippen LogP contribution in [0.15, 0.2) is 12.1 Å². The molecule has 1 N–H and O–H groups in total. The molecule has 0 fully saturated rings. The standard InChI is InChI=1S/C14H22ClN3O2/c1-5-16-13-9-11(8-12(15)17-13)14(19)18(4)6-7-20-10(2)3/h8-10H,5-7H2,1-4H3,(H,16,17). The number of amides is 1. The number of ether oxygens (including phenoxy) is 1. The van der Waals surface area contributed by atoms with E-state index in [-0.39, 0.29) is 12.0 Å². The lowest BCUT2D eigenvalue weighted by molar-refractivity contribution is 0.0532. The van der Waals surface area contributed by atoms with Crippen molar-refractivity contribution in [1.29, 1.82) is 0 Å². The van der Waals surface area contributed by atoms with Gasteiger partial charge in [-0.1, -0.05) is 11.6 Å². The van der Waals surface area contributed by atoms with Crippen molar-refractivity contribution in [1.82, 2.24) is 9.88 Å². The maximum Gasteiger partial charge on any atom is 0.253 e. The predicted molar refractivity (Wildman–Crippen MR) is 81.5 cm³/mol. The molecule has 0 spiro atoms. The number of aromatic nitrogens is 1. The lowest BCUT2D eigenvalue weighted by Crippen LogP contribution is -2.30. The Kier molecular flexibility index (Phi) is 6.75. The number of carbonyl (C=O) groups excluding carboxylic acids is 1. The van der Waals surface area contributed by atoms with E-state index in [0.29, 0.717) is 29.7 Å². The van der Waals surface area contributed by atoms with Gasteiger partial charge in [0, 0.05) is 25.7 Å². The molecule has 0 aliphatic carbocycles. The number of likely N-dealkylation sites (N-methyl/N-ethyl adjacent to an activating group) is 1. The second-order valence-corrected chi connectivity index (χ2v) is 5.13. The Bertz CT molecular complexity index is 452. The predicted octanol–water partition coefficient (Wildman–Crippen LogP) is 2.66. The molecule has 1 aromatic rings. The molecule has 0 atom stereocenters. The van der Waals surface area contributed by atoms with Gasteiger partial charge < -0.3 is 15.0 Å². The van der Waals surface area contributed by atoms with Gasteiger partial charge in [-0.3, -0.25) is 4.79 Å². The average molecular weight is 300 g/mol. The van der Waals surface area contributed by atoms with Gasteiger partial charge in [-0.25, -0.2) is 4.98 Å². The van der Waals surface area contributed by atoms with E-state index in [1.807, 2.05) is 20.8 Å². The van der Waals surface area contributed by atoms with Crippen LogP contribution in [0.25, 0.3) is 0 Å². The van der Waals surface area contributed by atoms with E-state index in [4.69, 9.17) is 16.3 Å². The first-order valence-electron chi connectivity index (χ1n) is 6.72. The van der Waals surface area contributed by atoms with Crippen LogP contribution in [-0.4, -0.2) is 48.6 Å². The highest BCUT2D eigenvalue weighted by Gasteiger charge is 2.14. The number of hydrogen-bond acceptors (Lipinski definition) is 4. The fraction of sp³-hybridized carbons (Fsp3) is 0.571. The van der Waals surface area contributed by atoms with Crippen LogP contribution in [-0.2, 0) is 4.74 Å². The van der Waals surface area contributed by atoms with Gasteiger partial charge in [-0.15, -0.1) is 0 Å². The smallest absolute Gasteiger partial charge is 0.253 e. The van der Waals surface area contributed by atoms with Crippen molar-refractivity contribution in [2.45, 2.75) is 26.9 Å². The van der Waals surface area contributed by atoms with E-state index < -0.39 is 0 Å². The Morgan fingerprint density at radius 2 is 2.20 bits per heavy atom. The van der Waals surface area contributed by atoms with Gasteiger partial charge in [0.2, 0.25) is 0 Å². The van der Waals surface area contributed by atoms with Crippen LogP contribution >= 0.6 is 11.6 Å². The van der Waals surface area contributed by atoms with E-state index in [1.54, 1.807) is 24.1 Å². The number of halogens is 1. The summed E-state index contributed by atoms with van der Waals surface area (Å²) in [5.74, 6) is 0.510. The van der Waals surface area contributed by atoms with Crippen molar-refractivity contribution < 1.29 is 9.53 Å². The van der Waals surface area contributed by atoms with Crippen molar-refractivity contribution in [3.8, 4) is 0 Å². The second-order valence-electron chi connectivity index (χ2n) is 4.74. The summed E-state index contributed by atoms with van der Waals surface area (Å²) in [4.78, 5) is 18.0. The van der Waals surface area contributed by atoms with Crippen molar-refractivity contribution in [2.75, 3.05) is 32.1 Å². The molecule has 6 heteroatoms. The van der Waals surface area contributed by atoms with Crippen LogP contribution in [0, 0.1) is 0 Å². The van der Waals surface area contributed by atoms with Crippen molar-refractivity contribution in [2.24, 2.45) is 0 Å². The number of rotatable bonds is 7. The maximum atomic E-state index is 12.3. The topological polar surface area (TPSA) is 54.5 Å². The number of carbonyl (C=O) groups is 1. The van der Waals surface area contributed by atoms with E-state index in [2.05, 4.69) is 10.3 Å². The molecular weight excluding hydrogens is 278 g/mol. The Labute approximate surface area is 125 Å². The largest absolute Gasteiger partial charge is 0.377 e. The second kappa shape index (κ2) is 8.07. The molecular formula is C14H22ClN3O2. The van der Waals surface area contributed by atoms with Crippen LogP contribution in [0.3, 0.4) is 0 Å². The third-order valence-electron chi connectivity index (χ3n) is 2.62. The third kappa shape index (κ3) is 5.35. The molecule has 1 rings (SSSR count). The first-order valence-corrected chi connectivity index (χ1v) is 7.10. The summed E-state index contributed by atoms with van der Waals surface area (Å²) in [6, 6.07) is 3.28. The fourth-order valence-corrected chi connectivity index (χ4v) is 1.85. The molecule has 20 heavy (non-hydrogen) atoms. The Hall–Kier alpha value is -1.33. The molecule has 0 aromatic carbocycles. The van der Waals surface area contributed by atoms with Crippen LogP contribution in [0.1, 0.15) is 31.1 Å². The van der Waals surface area contributed by atoms with Gasteiger partial charge in [-0.2, -0.15) is 0 Å². The molecule has 0 aliphatic rings. The van der Waals surface area contributed by atoms with Gasteiger partial charge in [0.05, 0.1) is 12.7 Å². The zero-order chi connectivity index (χ0) is 15.1. The molecule has 112 valence electrons. The summed E-state index contributed by atoms with van der Waals surface area (Å²) in [5, 5.41) is 3.35. The fourth-order valence-electron chi connectivity index (χ4n) is 1.64. The van der Waals surface area contributed by atoms with Crippen molar-refractivity contribution in [3.63, 3.8) is 0 Å². The highest BCUT2D eigenvalue weighted by molar-refractivity contribution is 6.29. The molecule has 0 bridgehead atoms. The summed E-state index contributed by atoms with van der Waals surface area (Å²) < 4.78 is 5.44. The Morgan fingerprint density at radius 1 is 1.50 bits per heavy atom. The highest BCUT2D eigenvalue weighted by atomic mass is 35.5. The first-order chi connectivity index (χ1) is 9.43. The number of nitrogens with zero attached hydrogens (tertiary/aromatic N) is 2. The Balaban J connectivity index is 2.70. The van der Waals surface area contributed by atoms with Gasteiger partial charge >= 0.3 is 0 Å². The summed E-state index contributed by atoms with van der Waals surface area (Å²) in [6.07, 6.45) is 0.161. The summed E-state index contributed by atoms with van der Waals surface area (Å²) in [7, 11) is 1.74. The van der Waals surface area contributed by atoms with Gasteiger partial charge in [0.1, 0.15) is 11.0 Å². The first kappa shape index (κ1) is 16.7. The quantitative estimate of drug-likeness (QED) is 0.787. The Morgan fingerprint density at radius 3 is 2.80 bits per heavy atom. The van der Waals surface area contributed by atoms with Crippen LogP contribution in [0.2, 0.25) is 5.15 Å². The molecule has 1 aromatic heterocycles. The van der Waals surface area contributed by atoms with Crippen molar-refractivity contribution >= 4 is 23.3 Å². The van der Waals surface area contributed by atoms with E-state index >= 15 is 0 Å². The highest BCUT2D eigenvalue weighted by Crippen LogP contribution is 2.15. The van der Waals surface area contributed by atoms with Gasteiger partial charge in [0.25, 0.3) is 5.91 Å². The monoisotopic (exact) mass is 299 g/mol. The van der Waals surface area contributed by atoms with Gasteiger partial charge in [-0.05, 0) is 32.9 Å². The molecule has 1 heterocycles. The van der Waals surface area contributed by atoms with Crippen LogP contribution < -0.4 is 5.32 Å². The SMILES string of the molecule is CCNc1cc(C(=O)N(C)CCOC(C)C)cc(Cl)n1. The molecule has 5 nitrogen and oxygen atoms in total. The molecule has 0 unspecified atom stereocenters. The van der Waals surface area contributed by atoms with E-state index in [9.17, 15) is 4.79 Å². The molecule has 0 saturated heterocycles. The average Bonchev–Trinajstić information content (AvgIpc) is 2.37. The minimum Gasteiger partial charge on any atom is -0.377 e. The summed E-state index contributed by atoms with van der Waals surface area (Å²) >= 11 is 5.93. The summed E-state index contributed by atoms with van der Waals surface area (Å²) in [6.45, 7) is 7.66. The van der Waals surface area contributed by atoms with Crippen LogP contribution in [0.5, 0.6) is 0 Å². The zero-order valence-corrected chi connectivity index (χ0v) is 13.2. The molecule has 0 aliphatic heterocycles. The summed E-state index contributed by atoms with van der Waals surface area (Å²) in [5.41, 5.74) is 0.521. The number of anilines is 1. The maximum absolute atomic E-state index is 12.3. The van der Waals surface area contributed by atoms with E-state index in [1.165, 1.54) is 0 Å². The normalized spacial score (nSPS) is 10.7. The minimum atomic E-state index is -0.0965. The minimum absolute atomic E-state index is 0.0965. The van der Waals surface area contributed by atoms with Crippen LogP contribution in [0.4, 0.5) is 5.82 Å². The molecule has 0 radical (unpaired) electrons. The lowest BCUT2D eigenvalue weighted by atomic mass is 10.2. The number of pyridine rings is 1. The number of nitrogens with one attached hydrogen (secondary N) is 1. The molecule has 1 amide bonds. The van der Waals surface area contributed by atoms with E-state index in [0.717, 1.165) is 6.54 Å². The zero-order valence-electron chi connectivity index (χ0n) is 12.4. The van der Waals surface area contributed by atoms with Crippen molar-refractivity contribution in [3.05, 3.63) is 22.8 Å². The lowest BCUT2D eigenvalue weighted by Gasteiger charge is -2.18. The third-order valence-corrected chi connectivity index (χ3v) is 2.82. The van der Waals surface area contributed by atoms with Gasteiger partial charge in [0.15, 0.2) is 0 Å². The number of hydrogen-bond donors (Lipinski definition) is 1.